The van der Waals surface area contributed by atoms with Gasteiger partial charge >= 0.3 is 0 Å². The van der Waals surface area contributed by atoms with E-state index >= 15 is 0 Å². The van der Waals surface area contributed by atoms with Gasteiger partial charge in [-0.15, -0.1) is 0 Å². The number of nitrogens with one attached hydrogen (secondary N) is 1. The smallest absolute Gasteiger partial charge is 0.224 e. The maximum atomic E-state index is 11.5. The molecule has 1 amide bonds. The summed E-state index contributed by atoms with van der Waals surface area (Å²) in [4.78, 5) is 12.0. The molecule has 0 aromatic heterocycles. The van der Waals surface area contributed by atoms with E-state index in [1.165, 1.54) is 43.2 Å². The summed E-state index contributed by atoms with van der Waals surface area (Å²) in [7, 11) is 0. The summed E-state index contributed by atoms with van der Waals surface area (Å²) in [6.45, 7) is 2.24. The third-order valence-corrected chi connectivity index (χ3v) is 4.91. The molecule has 20 heavy (non-hydrogen) atoms. The van der Waals surface area contributed by atoms with Crippen LogP contribution < -0.4 is 5.32 Å². The van der Waals surface area contributed by atoms with E-state index in [4.69, 9.17) is 0 Å². The van der Waals surface area contributed by atoms with Gasteiger partial charge in [-0.1, -0.05) is 60.7 Å². The van der Waals surface area contributed by atoms with Gasteiger partial charge in [0.2, 0.25) is 5.91 Å². The largest absolute Gasteiger partial charge is 0.326 e. The number of amides is 1. The minimum absolute atomic E-state index is 0.145. The van der Waals surface area contributed by atoms with Crippen LogP contribution in [0.3, 0.4) is 0 Å². The lowest BCUT2D eigenvalue weighted by Crippen LogP contribution is -2.09. The van der Waals surface area contributed by atoms with E-state index in [0.29, 0.717) is 11.2 Å². The number of halogens is 1. The predicted molar refractivity (Wildman–Crippen MR) is 88.4 cm³/mol. The summed E-state index contributed by atoms with van der Waals surface area (Å²) >= 11 is 3.81. The third-order valence-electron chi connectivity index (χ3n) is 3.93. The Hall–Kier alpha value is -0.830. The fourth-order valence-corrected chi connectivity index (χ4v) is 3.31. The van der Waals surface area contributed by atoms with Crippen LogP contribution >= 0.6 is 15.9 Å². The van der Waals surface area contributed by atoms with Crippen molar-refractivity contribution >= 4 is 27.5 Å². The van der Waals surface area contributed by atoms with Crippen molar-refractivity contribution in [2.75, 3.05) is 5.32 Å². The van der Waals surface area contributed by atoms with Crippen LogP contribution in [0, 0.1) is 0 Å². The molecule has 2 nitrogen and oxygen atoms in total. The number of alkyl halides is 1. The van der Waals surface area contributed by atoms with Crippen LogP contribution in [0.25, 0.3) is 0 Å². The van der Waals surface area contributed by atoms with Gasteiger partial charge in [0, 0.05) is 16.9 Å². The normalized spacial score (nSPS) is 16.2. The average molecular weight is 338 g/mol. The molecule has 1 aliphatic heterocycles. The number of carbonyl (C=O) groups is 1. The Kier molecular flexibility index (Phi) is 6.08. The molecule has 0 spiro atoms. The van der Waals surface area contributed by atoms with Crippen molar-refractivity contribution in [3.8, 4) is 0 Å². The maximum absolute atomic E-state index is 11.5. The van der Waals surface area contributed by atoms with E-state index in [-0.39, 0.29) is 5.91 Å². The van der Waals surface area contributed by atoms with Crippen molar-refractivity contribution in [1.82, 2.24) is 0 Å². The predicted octanol–water partition coefficient (Wildman–Crippen LogP) is 5.37. The van der Waals surface area contributed by atoms with Gasteiger partial charge in [0.25, 0.3) is 0 Å². The molecule has 0 bridgehead atoms. The quantitative estimate of drug-likeness (QED) is 0.548. The number of benzene rings is 1. The number of rotatable bonds is 6. The van der Waals surface area contributed by atoms with Crippen LogP contribution in [0.15, 0.2) is 18.2 Å². The highest BCUT2D eigenvalue weighted by Gasteiger charge is 2.15. The van der Waals surface area contributed by atoms with E-state index in [1.54, 1.807) is 0 Å². The zero-order valence-electron chi connectivity index (χ0n) is 12.3. The minimum Gasteiger partial charge on any atom is -0.326 e. The minimum atomic E-state index is 0.145. The molecule has 3 heteroatoms. The zero-order chi connectivity index (χ0) is 14.4. The first-order valence-electron chi connectivity index (χ1n) is 7.77. The molecule has 0 fully saturated rings. The summed E-state index contributed by atoms with van der Waals surface area (Å²) in [6, 6.07) is 6.47. The van der Waals surface area contributed by atoms with Crippen molar-refractivity contribution in [2.45, 2.75) is 63.1 Å². The molecule has 0 saturated heterocycles. The summed E-state index contributed by atoms with van der Waals surface area (Å²) in [6.07, 6.45) is 8.98. The van der Waals surface area contributed by atoms with E-state index in [0.717, 1.165) is 18.5 Å². The molecule has 110 valence electrons. The highest BCUT2D eigenvalue weighted by atomic mass is 79.9. The summed E-state index contributed by atoms with van der Waals surface area (Å²) in [5.41, 5.74) is 3.63. The molecule has 1 N–H and O–H groups in total. The first-order valence-corrected chi connectivity index (χ1v) is 8.69. The number of anilines is 1. The number of hydrogen-bond acceptors (Lipinski definition) is 1. The molecule has 1 unspecified atom stereocenters. The fraction of sp³-hybridized carbons (Fsp3) is 0.588. The van der Waals surface area contributed by atoms with Gasteiger partial charge in [0.05, 0.1) is 0 Å². The van der Waals surface area contributed by atoms with Gasteiger partial charge in [-0.25, -0.2) is 0 Å². The monoisotopic (exact) mass is 337 g/mol. The van der Waals surface area contributed by atoms with Crippen LogP contribution in [0.1, 0.15) is 67.8 Å². The topological polar surface area (TPSA) is 29.1 Å². The summed E-state index contributed by atoms with van der Waals surface area (Å²) < 4.78 is 0. The van der Waals surface area contributed by atoms with Gasteiger partial charge < -0.3 is 5.32 Å². The first kappa shape index (κ1) is 15.6. The molecule has 0 radical (unpaired) electrons. The Morgan fingerprint density at radius 2 is 2.10 bits per heavy atom. The van der Waals surface area contributed by atoms with Gasteiger partial charge in [0.1, 0.15) is 0 Å². The number of fused-ring (bicyclic) bond motifs is 1. The molecule has 1 aromatic rings. The molecule has 2 rings (SSSR count). The molecule has 1 aliphatic rings. The van der Waals surface area contributed by atoms with E-state index in [1.807, 2.05) is 0 Å². The van der Waals surface area contributed by atoms with Crippen LogP contribution in [0.4, 0.5) is 5.69 Å². The van der Waals surface area contributed by atoms with E-state index < -0.39 is 0 Å². The van der Waals surface area contributed by atoms with Crippen LogP contribution in [-0.4, -0.2) is 5.91 Å². The average Bonchev–Trinajstić information content (AvgIpc) is 2.63. The van der Waals surface area contributed by atoms with Gasteiger partial charge in [-0.3, -0.25) is 4.79 Å². The van der Waals surface area contributed by atoms with E-state index in [2.05, 4.69) is 46.4 Å². The molecule has 1 heterocycles. The van der Waals surface area contributed by atoms with Crippen molar-refractivity contribution in [1.29, 1.82) is 0 Å². The Balaban J connectivity index is 1.99. The number of hydrogen-bond donors (Lipinski definition) is 1. The third kappa shape index (κ3) is 4.34. The highest BCUT2D eigenvalue weighted by molar-refractivity contribution is 9.09. The Morgan fingerprint density at radius 1 is 1.25 bits per heavy atom. The fourth-order valence-electron chi connectivity index (χ4n) is 2.71. The van der Waals surface area contributed by atoms with Gasteiger partial charge in [0.15, 0.2) is 0 Å². The summed E-state index contributed by atoms with van der Waals surface area (Å²) in [5, 5.41) is 2.99. The van der Waals surface area contributed by atoms with Crippen molar-refractivity contribution in [3.05, 3.63) is 29.3 Å². The Morgan fingerprint density at radius 3 is 2.90 bits per heavy atom. The number of carbonyl (C=O) groups excluding carboxylic acids is 1. The molecule has 0 saturated carbocycles. The lowest BCUT2D eigenvalue weighted by Gasteiger charge is -2.14. The lowest BCUT2D eigenvalue weighted by molar-refractivity contribution is -0.116. The van der Waals surface area contributed by atoms with Crippen LogP contribution in [-0.2, 0) is 11.2 Å². The maximum Gasteiger partial charge on any atom is 0.224 e. The van der Waals surface area contributed by atoms with Gasteiger partial charge in [-0.2, -0.15) is 0 Å². The molecular formula is C17H24BrNO. The van der Waals surface area contributed by atoms with Gasteiger partial charge in [-0.05, 0) is 36.5 Å². The van der Waals surface area contributed by atoms with Crippen molar-refractivity contribution in [3.63, 3.8) is 0 Å². The second-order valence-electron chi connectivity index (χ2n) is 5.64. The zero-order valence-corrected chi connectivity index (χ0v) is 13.8. The van der Waals surface area contributed by atoms with Crippen molar-refractivity contribution in [2.24, 2.45) is 0 Å². The van der Waals surface area contributed by atoms with E-state index in [9.17, 15) is 4.79 Å². The second-order valence-corrected chi connectivity index (χ2v) is 6.74. The van der Waals surface area contributed by atoms with Crippen LogP contribution in [0.2, 0.25) is 0 Å². The Labute approximate surface area is 130 Å². The second kappa shape index (κ2) is 7.82. The first-order chi connectivity index (χ1) is 9.70. The molecular weight excluding hydrogens is 314 g/mol. The molecule has 1 atom stereocenters. The standard InChI is InChI=1S/C17H24BrNO/c1-2-3-4-5-8-15(18)13-10-11-16-14(12-13)7-6-9-17(20)19-16/h10-12,15H,2-9H2,1H3,(H,19,20). The summed E-state index contributed by atoms with van der Waals surface area (Å²) in [5.74, 6) is 0.145. The molecule has 1 aromatic carbocycles. The molecule has 0 aliphatic carbocycles. The van der Waals surface area contributed by atoms with Crippen molar-refractivity contribution < 1.29 is 4.79 Å². The number of unbranched alkanes of at least 4 members (excludes halogenated alkanes) is 3. The number of aryl methyl sites for hydroxylation is 1. The van der Waals surface area contributed by atoms with Crippen LogP contribution in [0.5, 0.6) is 0 Å². The SMILES string of the molecule is CCCCCCC(Br)c1ccc2c(c1)CCCC(=O)N2. The highest BCUT2D eigenvalue weighted by Crippen LogP contribution is 2.32. The Bertz CT molecular complexity index is 458. The lowest BCUT2D eigenvalue weighted by atomic mass is 10.00.